The number of aromatic nitrogens is 3. The molecule has 7 aromatic carbocycles. The largest absolute Gasteiger partial charge is 0.455 e. The second-order valence-electron chi connectivity index (χ2n) is 15.6. The van der Waals surface area contributed by atoms with Gasteiger partial charge in [-0.25, -0.2) is 9.97 Å². The minimum atomic E-state index is 0.377. The van der Waals surface area contributed by atoms with E-state index in [9.17, 15) is 0 Å². The number of pyridine rings is 1. The van der Waals surface area contributed by atoms with Gasteiger partial charge in [0.2, 0.25) is 0 Å². The lowest BCUT2D eigenvalue weighted by atomic mass is 9.91. The van der Waals surface area contributed by atoms with Gasteiger partial charge in [-0.2, -0.15) is 0 Å². The molecule has 10 aromatic rings. The number of nitrogens with zero attached hydrogens (tertiary/aromatic N) is 4. The topological polar surface area (TPSA) is 47.1 Å². The lowest BCUT2D eigenvalue weighted by Gasteiger charge is -2.35. The monoisotopic (exact) mass is 762 g/mol. The van der Waals surface area contributed by atoms with Crippen LogP contribution in [0.4, 0.5) is 11.4 Å². The summed E-state index contributed by atoms with van der Waals surface area (Å²) in [5.41, 5.74) is 17.4. The minimum Gasteiger partial charge on any atom is -0.455 e. The first-order valence-electron chi connectivity index (χ1n) is 20.7. The van der Waals surface area contributed by atoms with Crippen LogP contribution in [0.15, 0.2) is 180 Å². The summed E-state index contributed by atoms with van der Waals surface area (Å²) in [6.45, 7) is 6.70. The molecule has 11 rings (SSSR count). The van der Waals surface area contributed by atoms with E-state index in [1.807, 2.05) is 18.2 Å². The normalized spacial score (nSPS) is 14.1. The van der Waals surface area contributed by atoms with Gasteiger partial charge in [0.1, 0.15) is 17.0 Å². The van der Waals surface area contributed by atoms with Gasteiger partial charge in [-0.1, -0.05) is 112 Å². The van der Waals surface area contributed by atoms with Crippen molar-refractivity contribution in [1.82, 2.24) is 14.5 Å². The highest BCUT2D eigenvalue weighted by Crippen LogP contribution is 2.44. The van der Waals surface area contributed by atoms with E-state index >= 15 is 0 Å². The Morgan fingerprint density at radius 3 is 1.93 bits per heavy atom. The molecule has 1 aliphatic rings. The number of imidazole rings is 1. The number of para-hydroxylation sites is 5. The summed E-state index contributed by atoms with van der Waals surface area (Å²) in [5.74, 6) is 1.43. The van der Waals surface area contributed by atoms with E-state index in [4.69, 9.17) is 14.4 Å². The Bertz CT molecular complexity index is 3260. The summed E-state index contributed by atoms with van der Waals surface area (Å²) in [5, 5.41) is 3.10. The molecule has 3 aromatic heterocycles. The number of aryl methyl sites for hydroxylation is 1. The minimum absolute atomic E-state index is 0.377. The number of fused-ring (bicyclic) bond motifs is 7. The second-order valence-corrected chi connectivity index (χ2v) is 15.6. The number of benzene rings is 7. The van der Waals surface area contributed by atoms with Crippen LogP contribution >= 0.6 is 0 Å². The highest BCUT2D eigenvalue weighted by molar-refractivity contribution is 6.19. The van der Waals surface area contributed by atoms with Crippen molar-refractivity contribution < 1.29 is 4.42 Å². The van der Waals surface area contributed by atoms with E-state index < -0.39 is 0 Å². The Morgan fingerprint density at radius 2 is 1.19 bits per heavy atom. The third kappa shape index (κ3) is 5.76. The Morgan fingerprint density at radius 1 is 0.559 bits per heavy atom. The highest BCUT2D eigenvalue weighted by Gasteiger charge is 2.25. The van der Waals surface area contributed by atoms with Gasteiger partial charge < -0.3 is 9.32 Å². The van der Waals surface area contributed by atoms with Crippen LogP contribution in [0.2, 0.25) is 0 Å². The van der Waals surface area contributed by atoms with Crippen LogP contribution < -0.4 is 4.90 Å². The van der Waals surface area contributed by atoms with Crippen LogP contribution in [0.3, 0.4) is 0 Å². The summed E-state index contributed by atoms with van der Waals surface area (Å²) in [7, 11) is 0. The van der Waals surface area contributed by atoms with Gasteiger partial charge in [-0.05, 0) is 113 Å². The summed E-state index contributed by atoms with van der Waals surface area (Å²) >= 11 is 0. The number of rotatable bonds is 7. The van der Waals surface area contributed by atoms with Crippen LogP contribution in [0, 0.1) is 0 Å². The predicted molar refractivity (Wildman–Crippen MR) is 245 cm³/mol. The van der Waals surface area contributed by atoms with Crippen molar-refractivity contribution in [3.8, 4) is 39.2 Å². The van der Waals surface area contributed by atoms with Crippen molar-refractivity contribution >= 4 is 55.2 Å². The zero-order chi connectivity index (χ0) is 39.6. The van der Waals surface area contributed by atoms with Crippen molar-refractivity contribution in [3.63, 3.8) is 0 Å². The fraction of sp³-hybridized carbons (Fsp3) is 0.111. The Labute approximate surface area is 343 Å². The molecule has 0 saturated heterocycles. The molecule has 0 saturated carbocycles. The SMILES string of the molecule is CCC1=CC(C)c2ccccc2N1c1ccc(-c2cc(-c3ccc(-n4c(CC)nc5ccccc54)cc3)cc(-c3nc4ccccc4c4oc5ccccc5c34)c2)cc1. The Hall–Kier alpha value is -7.24. The molecule has 0 bridgehead atoms. The molecule has 5 heteroatoms. The molecule has 1 atom stereocenters. The molecule has 0 radical (unpaired) electrons. The number of anilines is 2. The number of hydrogen-bond donors (Lipinski definition) is 0. The van der Waals surface area contributed by atoms with Crippen LogP contribution in [0.5, 0.6) is 0 Å². The van der Waals surface area contributed by atoms with Crippen LogP contribution in [-0.4, -0.2) is 14.5 Å². The maximum Gasteiger partial charge on any atom is 0.147 e. The first-order valence-corrected chi connectivity index (χ1v) is 20.7. The first kappa shape index (κ1) is 35.0. The summed E-state index contributed by atoms with van der Waals surface area (Å²) in [6, 6.07) is 58.6. The molecule has 59 heavy (non-hydrogen) atoms. The first-order chi connectivity index (χ1) is 29.1. The Kier molecular flexibility index (Phi) is 8.29. The van der Waals surface area contributed by atoms with Crippen LogP contribution in [0.25, 0.3) is 83.1 Å². The van der Waals surface area contributed by atoms with Gasteiger partial charge in [0, 0.05) is 51.4 Å². The predicted octanol–water partition coefficient (Wildman–Crippen LogP) is 14.6. The molecule has 1 unspecified atom stereocenters. The van der Waals surface area contributed by atoms with Crippen molar-refractivity contribution in [3.05, 3.63) is 187 Å². The van der Waals surface area contributed by atoms with Gasteiger partial charge in [-0.15, -0.1) is 0 Å². The van der Waals surface area contributed by atoms with Gasteiger partial charge in [0.15, 0.2) is 0 Å². The summed E-state index contributed by atoms with van der Waals surface area (Å²) in [4.78, 5) is 12.8. The lowest BCUT2D eigenvalue weighted by molar-refractivity contribution is 0.672. The molecule has 0 fully saturated rings. The third-order valence-electron chi connectivity index (χ3n) is 12.0. The number of furan rings is 1. The second kappa shape index (κ2) is 14.0. The molecule has 284 valence electrons. The molecule has 0 spiro atoms. The van der Waals surface area contributed by atoms with Gasteiger partial charge in [0.05, 0.1) is 27.6 Å². The average molecular weight is 763 g/mol. The van der Waals surface area contributed by atoms with E-state index in [1.54, 1.807) is 0 Å². The average Bonchev–Trinajstić information content (AvgIpc) is 3.88. The van der Waals surface area contributed by atoms with Gasteiger partial charge >= 0.3 is 0 Å². The number of allylic oxidation sites excluding steroid dienone is 2. The van der Waals surface area contributed by atoms with Gasteiger partial charge in [-0.3, -0.25) is 4.57 Å². The smallest absolute Gasteiger partial charge is 0.147 e. The van der Waals surface area contributed by atoms with Crippen molar-refractivity contribution in [2.75, 3.05) is 4.90 Å². The van der Waals surface area contributed by atoms with E-state index in [-0.39, 0.29) is 0 Å². The fourth-order valence-electron chi connectivity index (χ4n) is 9.19. The maximum atomic E-state index is 6.62. The standard InChI is InChI=1S/C54H42N4O/c1-4-40-30-34(3)43-14-7-11-19-48(43)57(40)41-26-22-35(23-27-41)37-31-38(36-24-28-42(29-25-36)58-49-20-12-10-18-47(49)55-51(58)5-2)33-39(32-37)53-52-45-16-8-13-21-50(45)59-54(52)44-15-6-9-17-46(44)56-53/h6-34H,4-5H2,1-3H3. The van der Waals surface area contributed by atoms with E-state index in [1.165, 1.54) is 16.9 Å². The molecule has 0 amide bonds. The van der Waals surface area contributed by atoms with E-state index in [0.29, 0.717) is 5.92 Å². The van der Waals surface area contributed by atoms with Crippen molar-refractivity contribution in [2.45, 2.75) is 39.5 Å². The highest BCUT2D eigenvalue weighted by atomic mass is 16.3. The van der Waals surface area contributed by atoms with E-state index in [0.717, 1.165) is 107 Å². The Balaban J connectivity index is 1.08. The summed E-state index contributed by atoms with van der Waals surface area (Å²) < 4.78 is 8.90. The number of hydrogen-bond acceptors (Lipinski definition) is 4. The zero-order valence-electron chi connectivity index (χ0n) is 33.4. The molecule has 5 nitrogen and oxygen atoms in total. The third-order valence-corrected chi connectivity index (χ3v) is 12.0. The van der Waals surface area contributed by atoms with Crippen molar-refractivity contribution in [2.24, 2.45) is 0 Å². The summed E-state index contributed by atoms with van der Waals surface area (Å²) in [6.07, 6.45) is 4.21. The molecule has 0 N–H and O–H groups in total. The molecule has 1 aliphatic heterocycles. The lowest BCUT2D eigenvalue weighted by Crippen LogP contribution is -2.22. The maximum absolute atomic E-state index is 6.62. The molecular weight excluding hydrogens is 721 g/mol. The van der Waals surface area contributed by atoms with Crippen LogP contribution in [0.1, 0.15) is 44.5 Å². The van der Waals surface area contributed by atoms with E-state index in [2.05, 4.69) is 182 Å². The zero-order valence-corrected chi connectivity index (χ0v) is 33.4. The molecule has 0 aliphatic carbocycles. The van der Waals surface area contributed by atoms with Crippen LogP contribution in [-0.2, 0) is 6.42 Å². The molecular formula is C54H42N4O. The fourth-order valence-corrected chi connectivity index (χ4v) is 9.19. The quantitative estimate of drug-likeness (QED) is 0.162. The van der Waals surface area contributed by atoms with Gasteiger partial charge in [0.25, 0.3) is 0 Å². The van der Waals surface area contributed by atoms with Crippen molar-refractivity contribution in [1.29, 1.82) is 0 Å². The molecule has 4 heterocycles.